The molecular weight excluding hydrogens is 260 g/mol. The van der Waals surface area contributed by atoms with Crippen LogP contribution in [-0.4, -0.2) is 37.2 Å². The SMILES string of the molecule is Cc1nc(C)n(CCCNC(=O)c2c[nH]c(=O)cn2)n1. The van der Waals surface area contributed by atoms with Crippen LogP contribution in [-0.2, 0) is 6.54 Å². The molecule has 0 radical (unpaired) electrons. The normalized spacial score (nSPS) is 10.5. The summed E-state index contributed by atoms with van der Waals surface area (Å²) in [6.45, 7) is 4.92. The van der Waals surface area contributed by atoms with Crippen molar-refractivity contribution in [2.75, 3.05) is 6.54 Å². The van der Waals surface area contributed by atoms with E-state index in [0.29, 0.717) is 13.1 Å². The van der Waals surface area contributed by atoms with Crippen molar-refractivity contribution >= 4 is 5.91 Å². The predicted molar refractivity (Wildman–Crippen MR) is 71.3 cm³/mol. The zero-order chi connectivity index (χ0) is 14.5. The van der Waals surface area contributed by atoms with E-state index < -0.39 is 0 Å². The highest BCUT2D eigenvalue weighted by molar-refractivity contribution is 5.91. The third-order valence-corrected chi connectivity index (χ3v) is 2.70. The fourth-order valence-electron chi connectivity index (χ4n) is 1.76. The first-order chi connectivity index (χ1) is 9.56. The van der Waals surface area contributed by atoms with Gasteiger partial charge in [-0.1, -0.05) is 0 Å². The van der Waals surface area contributed by atoms with Crippen LogP contribution >= 0.6 is 0 Å². The van der Waals surface area contributed by atoms with Crippen LogP contribution in [0.3, 0.4) is 0 Å². The summed E-state index contributed by atoms with van der Waals surface area (Å²) in [6.07, 6.45) is 3.11. The van der Waals surface area contributed by atoms with Crippen molar-refractivity contribution in [1.82, 2.24) is 30.0 Å². The van der Waals surface area contributed by atoms with E-state index in [4.69, 9.17) is 0 Å². The van der Waals surface area contributed by atoms with E-state index in [1.54, 1.807) is 4.68 Å². The minimum absolute atomic E-state index is 0.192. The van der Waals surface area contributed by atoms with Gasteiger partial charge in [0.05, 0.1) is 6.20 Å². The standard InChI is InChI=1S/C12H16N6O2/c1-8-16-9(2)18(17-8)5-3-4-13-12(20)10-6-15-11(19)7-14-10/h6-7H,3-5H2,1-2H3,(H,13,20)(H,15,19). The molecule has 0 saturated heterocycles. The van der Waals surface area contributed by atoms with E-state index in [1.165, 1.54) is 6.20 Å². The highest BCUT2D eigenvalue weighted by Crippen LogP contribution is 1.97. The number of carbonyl (C=O) groups is 1. The summed E-state index contributed by atoms with van der Waals surface area (Å²) in [4.78, 5) is 32.9. The van der Waals surface area contributed by atoms with Gasteiger partial charge in [0, 0.05) is 19.3 Å². The Bertz CT molecular complexity index is 640. The van der Waals surface area contributed by atoms with Crippen LogP contribution in [0.5, 0.6) is 0 Å². The van der Waals surface area contributed by atoms with Crippen LogP contribution in [0.1, 0.15) is 28.6 Å². The lowest BCUT2D eigenvalue weighted by Crippen LogP contribution is -2.27. The van der Waals surface area contributed by atoms with Gasteiger partial charge in [0.1, 0.15) is 17.3 Å². The topological polar surface area (TPSA) is 106 Å². The minimum atomic E-state index is -0.335. The van der Waals surface area contributed by atoms with Crippen molar-refractivity contribution in [2.24, 2.45) is 0 Å². The molecule has 0 aliphatic rings. The van der Waals surface area contributed by atoms with Gasteiger partial charge in [0.2, 0.25) is 0 Å². The highest BCUT2D eigenvalue weighted by Gasteiger charge is 2.06. The van der Waals surface area contributed by atoms with Gasteiger partial charge in [-0.2, -0.15) is 5.10 Å². The maximum Gasteiger partial charge on any atom is 0.271 e. The second-order valence-electron chi connectivity index (χ2n) is 4.34. The summed E-state index contributed by atoms with van der Waals surface area (Å²) in [6, 6.07) is 0. The van der Waals surface area contributed by atoms with Crippen LogP contribution in [0.25, 0.3) is 0 Å². The summed E-state index contributed by atoms with van der Waals surface area (Å²) >= 11 is 0. The quantitative estimate of drug-likeness (QED) is 0.736. The zero-order valence-corrected chi connectivity index (χ0v) is 11.4. The van der Waals surface area contributed by atoms with Gasteiger partial charge in [-0.25, -0.2) is 9.97 Å². The number of aromatic amines is 1. The molecule has 2 aromatic heterocycles. The van der Waals surface area contributed by atoms with Crippen LogP contribution in [0.15, 0.2) is 17.2 Å². The van der Waals surface area contributed by atoms with E-state index in [2.05, 4.69) is 25.4 Å². The molecule has 2 heterocycles. The molecule has 0 atom stereocenters. The molecule has 2 rings (SSSR count). The molecule has 2 aromatic rings. The van der Waals surface area contributed by atoms with Gasteiger partial charge in [-0.3, -0.25) is 14.3 Å². The molecule has 0 spiro atoms. The van der Waals surface area contributed by atoms with Crippen molar-refractivity contribution in [1.29, 1.82) is 0 Å². The summed E-state index contributed by atoms with van der Waals surface area (Å²) in [5.74, 6) is 1.29. The molecule has 0 aliphatic carbocycles. The Labute approximate surface area is 115 Å². The molecule has 0 saturated carbocycles. The summed E-state index contributed by atoms with van der Waals surface area (Å²) in [5, 5.41) is 6.97. The third kappa shape index (κ3) is 3.50. The smallest absolute Gasteiger partial charge is 0.271 e. The summed E-state index contributed by atoms with van der Waals surface area (Å²) < 4.78 is 1.81. The number of H-pyrrole nitrogens is 1. The molecule has 0 fully saturated rings. The van der Waals surface area contributed by atoms with Crippen LogP contribution in [0.4, 0.5) is 0 Å². The predicted octanol–water partition coefficient (Wildman–Crippen LogP) is -0.202. The summed E-state index contributed by atoms with van der Waals surface area (Å²) in [5.41, 5.74) is -0.143. The van der Waals surface area contributed by atoms with Crippen LogP contribution in [0.2, 0.25) is 0 Å². The number of amides is 1. The summed E-state index contributed by atoms with van der Waals surface area (Å²) in [7, 11) is 0. The van der Waals surface area contributed by atoms with Crippen molar-refractivity contribution in [2.45, 2.75) is 26.8 Å². The number of hydrogen-bond acceptors (Lipinski definition) is 5. The fourth-order valence-corrected chi connectivity index (χ4v) is 1.76. The molecular formula is C12H16N6O2. The third-order valence-electron chi connectivity index (χ3n) is 2.70. The largest absolute Gasteiger partial charge is 0.351 e. The molecule has 1 amide bonds. The molecule has 0 aromatic carbocycles. The maximum atomic E-state index is 11.7. The Morgan fingerprint density at radius 1 is 1.45 bits per heavy atom. The number of nitrogens with one attached hydrogen (secondary N) is 2. The average Bonchev–Trinajstić information content (AvgIpc) is 2.73. The number of nitrogens with zero attached hydrogens (tertiary/aromatic N) is 4. The highest BCUT2D eigenvalue weighted by atomic mass is 16.2. The first-order valence-corrected chi connectivity index (χ1v) is 6.27. The lowest BCUT2D eigenvalue weighted by atomic mass is 10.3. The second-order valence-corrected chi connectivity index (χ2v) is 4.34. The van der Waals surface area contributed by atoms with Crippen molar-refractivity contribution < 1.29 is 4.79 Å². The Hall–Kier alpha value is -2.51. The van der Waals surface area contributed by atoms with Crippen molar-refractivity contribution in [3.63, 3.8) is 0 Å². The van der Waals surface area contributed by atoms with Gasteiger partial charge in [-0.15, -0.1) is 0 Å². The molecule has 0 unspecified atom stereocenters. The van der Waals surface area contributed by atoms with Gasteiger partial charge in [0.15, 0.2) is 0 Å². The number of hydrogen-bond donors (Lipinski definition) is 2. The maximum absolute atomic E-state index is 11.7. The van der Waals surface area contributed by atoms with Crippen molar-refractivity contribution in [3.8, 4) is 0 Å². The molecule has 106 valence electrons. The van der Waals surface area contributed by atoms with Crippen molar-refractivity contribution in [3.05, 3.63) is 40.1 Å². The van der Waals surface area contributed by atoms with E-state index in [1.807, 2.05) is 13.8 Å². The Balaban J connectivity index is 1.78. The van der Waals surface area contributed by atoms with E-state index >= 15 is 0 Å². The molecule has 8 heteroatoms. The Morgan fingerprint density at radius 2 is 2.25 bits per heavy atom. The number of aromatic nitrogens is 5. The van der Waals surface area contributed by atoms with E-state index in [-0.39, 0.29) is 17.2 Å². The molecule has 2 N–H and O–H groups in total. The Kier molecular flexibility index (Phi) is 4.24. The number of carbonyl (C=O) groups excluding carboxylic acids is 1. The first kappa shape index (κ1) is 13.9. The minimum Gasteiger partial charge on any atom is -0.351 e. The number of rotatable bonds is 5. The van der Waals surface area contributed by atoms with Gasteiger partial charge in [-0.05, 0) is 20.3 Å². The first-order valence-electron chi connectivity index (χ1n) is 6.27. The van der Waals surface area contributed by atoms with E-state index in [9.17, 15) is 9.59 Å². The lowest BCUT2D eigenvalue weighted by molar-refractivity contribution is 0.0947. The van der Waals surface area contributed by atoms with E-state index in [0.717, 1.165) is 24.3 Å². The molecule has 0 aliphatic heterocycles. The molecule has 8 nitrogen and oxygen atoms in total. The molecule has 0 bridgehead atoms. The van der Waals surface area contributed by atoms with Gasteiger partial charge < -0.3 is 10.3 Å². The lowest BCUT2D eigenvalue weighted by Gasteiger charge is -2.05. The Morgan fingerprint density at radius 3 is 2.85 bits per heavy atom. The molecule has 20 heavy (non-hydrogen) atoms. The zero-order valence-electron chi connectivity index (χ0n) is 11.4. The number of aryl methyl sites for hydroxylation is 3. The van der Waals surface area contributed by atoms with Gasteiger partial charge in [0.25, 0.3) is 11.5 Å². The van der Waals surface area contributed by atoms with Crippen LogP contribution in [0, 0.1) is 13.8 Å². The average molecular weight is 276 g/mol. The fraction of sp³-hybridized carbons (Fsp3) is 0.417. The van der Waals surface area contributed by atoms with Crippen LogP contribution < -0.4 is 10.9 Å². The van der Waals surface area contributed by atoms with Gasteiger partial charge >= 0.3 is 0 Å². The second kappa shape index (κ2) is 6.09. The monoisotopic (exact) mass is 276 g/mol.